The van der Waals surface area contributed by atoms with E-state index in [1.54, 1.807) is 16.2 Å². The van der Waals surface area contributed by atoms with Gasteiger partial charge in [-0.15, -0.1) is 11.3 Å². The minimum Gasteiger partial charge on any atom is -0.332 e. The van der Waals surface area contributed by atoms with Gasteiger partial charge in [0, 0.05) is 6.54 Å². The van der Waals surface area contributed by atoms with Gasteiger partial charge in [0.25, 0.3) is 5.91 Å². The zero-order valence-corrected chi connectivity index (χ0v) is 16.9. The number of carbonyl (C=O) groups excluding carboxylic acids is 3. The Hall–Kier alpha value is -2.48. The first-order valence-electron chi connectivity index (χ1n) is 9.78. The van der Waals surface area contributed by atoms with Crippen LogP contribution in [0.5, 0.6) is 0 Å². The molecule has 0 spiro atoms. The van der Waals surface area contributed by atoms with E-state index in [1.165, 1.54) is 0 Å². The van der Waals surface area contributed by atoms with Gasteiger partial charge in [-0.3, -0.25) is 14.5 Å². The number of imide groups is 1. The molecule has 1 N–H and O–H groups in total. The van der Waals surface area contributed by atoms with Crippen LogP contribution < -0.4 is 5.32 Å². The Bertz CT molecular complexity index is 903. The summed E-state index contributed by atoms with van der Waals surface area (Å²) in [6.45, 7) is 4.15. The number of rotatable bonds is 5. The van der Waals surface area contributed by atoms with Crippen molar-refractivity contribution in [3.05, 3.63) is 29.3 Å². The molecule has 148 valence electrons. The van der Waals surface area contributed by atoms with Crippen LogP contribution in [0, 0.1) is 0 Å². The van der Waals surface area contributed by atoms with Gasteiger partial charge >= 0.3 is 6.03 Å². The van der Waals surface area contributed by atoms with Crippen LogP contribution in [-0.4, -0.2) is 51.3 Å². The lowest BCUT2D eigenvalue weighted by molar-refractivity contribution is -0.139. The Labute approximate surface area is 167 Å². The molecule has 0 saturated carbocycles. The molecule has 2 saturated heterocycles. The van der Waals surface area contributed by atoms with E-state index in [2.05, 4.69) is 5.32 Å². The Balaban J connectivity index is 1.53. The molecule has 2 aromatic rings. The van der Waals surface area contributed by atoms with Crippen LogP contribution >= 0.6 is 11.3 Å². The lowest BCUT2D eigenvalue weighted by Gasteiger charge is -2.26. The quantitative estimate of drug-likeness (QED) is 0.782. The maximum atomic E-state index is 13.0. The number of amides is 4. The van der Waals surface area contributed by atoms with Gasteiger partial charge in [0.1, 0.15) is 17.1 Å². The number of hydrogen-bond donors (Lipinski definition) is 1. The summed E-state index contributed by atoms with van der Waals surface area (Å²) in [4.78, 5) is 45.7. The average molecular weight is 401 g/mol. The van der Waals surface area contributed by atoms with Crippen molar-refractivity contribution >= 4 is 39.4 Å². The van der Waals surface area contributed by atoms with Crippen LogP contribution in [0.15, 0.2) is 24.3 Å². The number of fused-ring (bicyclic) bond motifs is 1. The summed E-state index contributed by atoms with van der Waals surface area (Å²) in [5, 5.41) is 3.70. The molecular weight excluding hydrogens is 376 g/mol. The van der Waals surface area contributed by atoms with Gasteiger partial charge < -0.3 is 10.2 Å². The summed E-state index contributed by atoms with van der Waals surface area (Å²) in [6.07, 6.45) is 2.76. The lowest BCUT2D eigenvalue weighted by Crippen LogP contribution is -2.47. The first kappa shape index (κ1) is 18.9. The predicted octanol–water partition coefficient (Wildman–Crippen LogP) is 3.07. The summed E-state index contributed by atoms with van der Waals surface area (Å²) in [5.41, 5.74) is 0.0565. The molecule has 2 aliphatic rings. The zero-order valence-electron chi connectivity index (χ0n) is 16.1. The molecule has 28 heavy (non-hydrogen) atoms. The summed E-state index contributed by atoms with van der Waals surface area (Å²) in [5.74, 6) is -0.500. The number of aromatic nitrogens is 1. The number of nitrogens with zero attached hydrogens (tertiary/aromatic N) is 3. The van der Waals surface area contributed by atoms with E-state index in [0.29, 0.717) is 19.4 Å². The topological polar surface area (TPSA) is 82.6 Å². The van der Waals surface area contributed by atoms with Gasteiger partial charge in [-0.05, 0) is 37.8 Å². The molecule has 1 aromatic carbocycles. The fraction of sp³-hybridized carbons (Fsp3) is 0.500. The van der Waals surface area contributed by atoms with E-state index in [9.17, 15) is 14.4 Å². The van der Waals surface area contributed by atoms with Gasteiger partial charge in [0.05, 0.1) is 16.3 Å². The molecule has 3 heterocycles. The third-order valence-corrected chi connectivity index (χ3v) is 7.05. The summed E-state index contributed by atoms with van der Waals surface area (Å²) in [6, 6.07) is 7.37. The highest BCUT2D eigenvalue weighted by Gasteiger charge is 2.49. The first-order chi connectivity index (χ1) is 13.5. The second-order valence-electron chi connectivity index (χ2n) is 7.38. The van der Waals surface area contributed by atoms with Crippen molar-refractivity contribution in [1.29, 1.82) is 0 Å². The van der Waals surface area contributed by atoms with E-state index in [-0.39, 0.29) is 24.4 Å². The van der Waals surface area contributed by atoms with E-state index >= 15 is 0 Å². The molecular formula is C20H24N4O3S. The average Bonchev–Trinajstić information content (AvgIpc) is 3.40. The Kier molecular flexibility index (Phi) is 4.82. The lowest BCUT2D eigenvalue weighted by atomic mass is 9.93. The molecule has 0 radical (unpaired) electrons. The fourth-order valence-corrected chi connectivity index (χ4v) is 5.24. The summed E-state index contributed by atoms with van der Waals surface area (Å²) >= 11 is 1.60. The number of likely N-dealkylation sites (tertiary alicyclic amines) is 1. The van der Waals surface area contributed by atoms with E-state index in [4.69, 9.17) is 4.98 Å². The maximum absolute atomic E-state index is 13.0. The normalized spacial score (nSPS) is 21.6. The Morgan fingerprint density at radius 2 is 2.04 bits per heavy atom. The minimum absolute atomic E-state index is 0.0900. The second kappa shape index (κ2) is 7.16. The molecule has 8 heteroatoms. The molecule has 1 atom stereocenters. The van der Waals surface area contributed by atoms with Gasteiger partial charge in [-0.1, -0.05) is 26.0 Å². The van der Waals surface area contributed by atoms with Crippen molar-refractivity contribution < 1.29 is 14.4 Å². The van der Waals surface area contributed by atoms with Crippen molar-refractivity contribution in [1.82, 2.24) is 20.1 Å². The number of thiazole rings is 1. The predicted molar refractivity (Wildman–Crippen MR) is 107 cm³/mol. The Morgan fingerprint density at radius 1 is 1.29 bits per heavy atom. The number of benzene rings is 1. The van der Waals surface area contributed by atoms with Crippen LogP contribution in [0.3, 0.4) is 0 Å². The zero-order chi connectivity index (χ0) is 19.9. The molecule has 1 aromatic heterocycles. The first-order valence-corrected chi connectivity index (χ1v) is 10.6. The molecule has 7 nitrogen and oxygen atoms in total. The number of nitrogens with one attached hydrogen (secondary N) is 1. The van der Waals surface area contributed by atoms with E-state index < -0.39 is 11.6 Å². The highest BCUT2D eigenvalue weighted by atomic mass is 32.1. The highest BCUT2D eigenvalue weighted by molar-refractivity contribution is 7.18. The SMILES string of the molecule is CCC1(CC)NC(=O)N(CC(=O)N2CCC[C@@H]2c2nc3ccccc3s2)C1=O. The molecule has 2 aliphatic heterocycles. The van der Waals surface area contributed by atoms with Gasteiger partial charge in [0.15, 0.2) is 0 Å². The van der Waals surface area contributed by atoms with Crippen LogP contribution in [0.1, 0.15) is 50.6 Å². The molecule has 0 aliphatic carbocycles. The van der Waals surface area contributed by atoms with Crippen LogP contribution in [-0.2, 0) is 9.59 Å². The van der Waals surface area contributed by atoms with Crippen molar-refractivity contribution in [3.63, 3.8) is 0 Å². The standard InChI is InChI=1S/C20H24N4O3S/c1-3-20(4-2)18(26)24(19(27)22-20)12-16(25)23-11-7-9-14(23)17-21-13-8-5-6-10-15(13)28-17/h5-6,8,10,14H,3-4,7,9,11-12H2,1-2H3,(H,22,27)/t14-/m1/s1. The van der Waals surface area contributed by atoms with Gasteiger partial charge in [-0.25, -0.2) is 9.78 Å². The largest absolute Gasteiger partial charge is 0.332 e. The van der Waals surface area contributed by atoms with Crippen LogP contribution in [0.2, 0.25) is 0 Å². The maximum Gasteiger partial charge on any atom is 0.325 e. The van der Waals surface area contributed by atoms with E-state index in [0.717, 1.165) is 33.0 Å². The van der Waals surface area contributed by atoms with Gasteiger partial charge in [-0.2, -0.15) is 0 Å². The number of urea groups is 1. The molecule has 0 bridgehead atoms. The minimum atomic E-state index is -0.880. The monoisotopic (exact) mass is 400 g/mol. The molecule has 4 amide bonds. The van der Waals surface area contributed by atoms with Crippen molar-refractivity contribution in [2.24, 2.45) is 0 Å². The number of hydrogen-bond acceptors (Lipinski definition) is 5. The number of carbonyl (C=O) groups is 3. The molecule has 2 fully saturated rings. The highest BCUT2D eigenvalue weighted by Crippen LogP contribution is 2.36. The number of para-hydroxylation sites is 1. The second-order valence-corrected chi connectivity index (χ2v) is 8.44. The van der Waals surface area contributed by atoms with Crippen molar-refractivity contribution in [3.8, 4) is 0 Å². The molecule has 4 rings (SSSR count). The third kappa shape index (κ3) is 2.96. The summed E-state index contributed by atoms with van der Waals surface area (Å²) < 4.78 is 1.10. The Morgan fingerprint density at radius 3 is 2.71 bits per heavy atom. The van der Waals surface area contributed by atoms with E-state index in [1.807, 2.05) is 38.1 Å². The summed E-state index contributed by atoms with van der Waals surface area (Å²) in [7, 11) is 0. The molecule has 0 unspecified atom stereocenters. The fourth-order valence-electron chi connectivity index (χ4n) is 4.13. The van der Waals surface area contributed by atoms with Crippen molar-refractivity contribution in [2.45, 2.75) is 51.1 Å². The van der Waals surface area contributed by atoms with Crippen LogP contribution in [0.4, 0.5) is 4.79 Å². The third-order valence-electron chi connectivity index (χ3n) is 5.92. The smallest absolute Gasteiger partial charge is 0.325 e. The van der Waals surface area contributed by atoms with Gasteiger partial charge in [0.2, 0.25) is 5.91 Å². The van der Waals surface area contributed by atoms with Crippen LogP contribution in [0.25, 0.3) is 10.2 Å². The van der Waals surface area contributed by atoms with Crippen molar-refractivity contribution in [2.75, 3.05) is 13.1 Å².